The zero-order valence-corrected chi connectivity index (χ0v) is 14.1. The molecule has 3 N–H and O–H groups in total. The number of halogens is 3. The van der Waals surface area contributed by atoms with Crippen LogP contribution in [-0.2, 0) is 14.4 Å². The van der Waals surface area contributed by atoms with Crippen LogP contribution in [0.2, 0.25) is 0 Å². The van der Waals surface area contributed by atoms with E-state index in [9.17, 15) is 27.6 Å². The molecule has 0 radical (unpaired) electrons. The van der Waals surface area contributed by atoms with Gasteiger partial charge in [-0.3, -0.25) is 9.59 Å². The predicted molar refractivity (Wildman–Crippen MR) is 93.3 cm³/mol. The molecule has 2 aromatic rings. The van der Waals surface area contributed by atoms with Gasteiger partial charge in [-0.25, -0.2) is 4.79 Å². The van der Waals surface area contributed by atoms with Crippen LogP contribution in [0.3, 0.4) is 0 Å². The fourth-order valence-corrected chi connectivity index (χ4v) is 2.99. The van der Waals surface area contributed by atoms with E-state index < -0.39 is 30.0 Å². The Morgan fingerprint density at radius 1 is 0.964 bits per heavy atom. The monoisotopic (exact) mass is 390 g/mol. The van der Waals surface area contributed by atoms with Crippen molar-refractivity contribution >= 4 is 23.5 Å². The molecule has 0 fully saturated rings. The Balaban J connectivity index is 1.95. The van der Waals surface area contributed by atoms with E-state index in [1.165, 1.54) is 12.1 Å². The number of anilines is 1. The third-order valence-electron chi connectivity index (χ3n) is 4.10. The first kappa shape index (κ1) is 19.2. The number of carboxylic acid groups (broad SMARTS) is 1. The number of nitrogens with one attached hydrogen (secondary N) is 2. The summed E-state index contributed by atoms with van der Waals surface area (Å²) in [6.07, 6.45) is -3.57. The zero-order chi connectivity index (χ0) is 20.5. The molecule has 9 heteroatoms. The van der Waals surface area contributed by atoms with Gasteiger partial charge in [0.05, 0.1) is 6.04 Å². The first-order chi connectivity index (χ1) is 13.2. The lowest BCUT2D eigenvalue weighted by Crippen LogP contribution is -2.39. The molecule has 0 unspecified atom stereocenters. The van der Waals surface area contributed by atoms with E-state index in [1.54, 1.807) is 30.3 Å². The van der Waals surface area contributed by atoms with E-state index >= 15 is 0 Å². The van der Waals surface area contributed by atoms with Crippen molar-refractivity contribution in [1.29, 1.82) is 0 Å². The third kappa shape index (κ3) is 3.88. The lowest BCUT2D eigenvalue weighted by Gasteiger charge is -2.17. The van der Waals surface area contributed by atoms with Gasteiger partial charge >= 0.3 is 18.1 Å². The average molecular weight is 390 g/mol. The Kier molecular flexibility index (Phi) is 4.91. The molecule has 144 valence electrons. The Morgan fingerprint density at radius 2 is 1.64 bits per heavy atom. The Labute approximate surface area is 156 Å². The lowest BCUT2D eigenvalue weighted by molar-refractivity contribution is -0.174. The number of carbonyl (C=O) groups excluding carboxylic acids is 2. The molecule has 2 amide bonds. The van der Waals surface area contributed by atoms with Gasteiger partial charge in [0.15, 0.2) is 0 Å². The van der Waals surface area contributed by atoms with E-state index in [2.05, 4.69) is 5.32 Å². The SMILES string of the molecule is O=C(O)/C=C\C(=O)Nc1ccc2c(c1)[C@H](NC(=O)C(F)(F)F)c1ccccc1-2. The highest BCUT2D eigenvalue weighted by atomic mass is 19.4. The number of amides is 2. The lowest BCUT2D eigenvalue weighted by atomic mass is 10.0. The molecule has 0 saturated carbocycles. The maximum atomic E-state index is 12.7. The van der Waals surface area contributed by atoms with E-state index in [1.807, 2.05) is 5.32 Å². The quantitative estimate of drug-likeness (QED) is 0.700. The number of fused-ring (bicyclic) bond motifs is 3. The molecule has 0 aliphatic heterocycles. The molecule has 1 aliphatic rings. The van der Waals surface area contributed by atoms with Crippen LogP contribution in [0.4, 0.5) is 18.9 Å². The first-order valence-electron chi connectivity index (χ1n) is 8.00. The number of carboxylic acids is 1. The molecule has 0 heterocycles. The molecule has 28 heavy (non-hydrogen) atoms. The molecule has 3 rings (SSSR count). The summed E-state index contributed by atoms with van der Waals surface area (Å²) >= 11 is 0. The van der Waals surface area contributed by atoms with Crippen LogP contribution in [0.1, 0.15) is 17.2 Å². The van der Waals surface area contributed by atoms with Gasteiger partial charge in [0.2, 0.25) is 5.91 Å². The Hall–Kier alpha value is -3.62. The summed E-state index contributed by atoms with van der Waals surface area (Å²) in [5.41, 5.74) is 2.44. The van der Waals surface area contributed by atoms with Crippen LogP contribution in [-0.4, -0.2) is 29.1 Å². The van der Waals surface area contributed by atoms with Crippen molar-refractivity contribution in [2.75, 3.05) is 5.32 Å². The van der Waals surface area contributed by atoms with Gasteiger partial charge in [-0.1, -0.05) is 30.3 Å². The van der Waals surface area contributed by atoms with Gasteiger partial charge in [-0.05, 0) is 34.4 Å². The molecule has 1 atom stereocenters. The summed E-state index contributed by atoms with van der Waals surface area (Å²) in [5.74, 6) is -4.08. The summed E-state index contributed by atoms with van der Waals surface area (Å²) < 4.78 is 38.2. The first-order valence-corrected chi connectivity index (χ1v) is 8.00. The van der Waals surface area contributed by atoms with E-state index in [0.717, 1.165) is 6.08 Å². The van der Waals surface area contributed by atoms with Crippen molar-refractivity contribution in [3.63, 3.8) is 0 Å². The summed E-state index contributed by atoms with van der Waals surface area (Å²) in [5, 5.41) is 13.0. The molecule has 0 bridgehead atoms. The molecule has 0 aromatic heterocycles. The normalized spacial score (nSPS) is 15.0. The predicted octanol–water partition coefficient (Wildman–Crippen LogP) is 3.01. The average Bonchev–Trinajstić information content (AvgIpc) is 2.93. The molecular weight excluding hydrogens is 377 g/mol. The van der Waals surface area contributed by atoms with E-state index in [-0.39, 0.29) is 5.69 Å². The topological polar surface area (TPSA) is 95.5 Å². The molecule has 0 saturated heterocycles. The second-order valence-electron chi connectivity index (χ2n) is 5.95. The molecular formula is C19H13F3N2O4. The van der Waals surface area contributed by atoms with Gasteiger partial charge in [0, 0.05) is 17.8 Å². The Morgan fingerprint density at radius 3 is 2.32 bits per heavy atom. The van der Waals surface area contributed by atoms with Crippen LogP contribution >= 0.6 is 0 Å². The number of benzene rings is 2. The highest BCUT2D eigenvalue weighted by Crippen LogP contribution is 2.44. The highest BCUT2D eigenvalue weighted by Gasteiger charge is 2.42. The summed E-state index contributed by atoms with van der Waals surface area (Å²) in [7, 11) is 0. The standard InChI is InChI=1S/C19H13F3N2O4/c20-19(21,22)18(28)24-17-13-4-2-1-3-11(13)12-6-5-10(9-14(12)17)23-15(25)7-8-16(26)27/h1-9,17H,(H,23,25)(H,24,28)(H,26,27)/b8-7-/t17-/m1/s1. The van der Waals surface area contributed by atoms with Gasteiger partial charge in [-0.2, -0.15) is 13.2 Å². The maximum absolute atomic E-state index is 12.7. The smallest absolute Gasteiger partial charge is 0.471 e. The number of rotatable bonds is 4. The fourth-order valence-electron chi connectivity index (χ4n) is 2.99. The van der Waals surface area contributed by atoms with Gasteiger partial charge in [0.1, 0.15) is 0 Å². The number of aliphatic carboxylic acids is 1. The van der Waals surface area contributed by atoms with E-state index in [4.69, 9.17) is 5.11 Å². The van der Waals surface area contributed by atoms with Crippen LogP contribution in [0.25, 0.3) is 11.1 Å². The van der Waals surface area contributed by atoms with Crippen LogP contribution in [0.15, 0.2) is 54.6 Å². The van der Waals surface area contributed by atoms with Gasteiger partial charge < -0.3 is 15.7 Å². The number of alkyl halides is 3. The van der Waals surface area contributed by atoms with Crippen molar-refractivity contribution < 1.29 is 32.7 Å². The van der Waals surface area contributed by atoms with Crippen molar-refractivity contribution in [3.05, 3.63) is 65.7 Å². The van der Waals surface area contributed by atoms with Crippen LogP contribution in [0, 0.1) is 0 Å². The third-order valence-corrected chi connectivity index (χ3v) is 4.10. The minimum absolute atomic E-state index is 0.248. The number of carbonyl (C=O) groups is 3. The minimum atomic E-state index is -5.04. The molecule has 0 spiro atoms. The molecule has 2 aromatic carbocycles. The summed E-state index contributed by atoms with van der Waals surface area (Å²) in [6, 6.07) is 10.3. The van der Waals surface area contributed by atoms with Gasteiger partial charge in [0.25, 0.3) is 0 Å². The van der Waals surface area contributed by atoms with Crippen molar-refractivity contribution in [2.45, 2.75) is 12.2 Å². The minimum Gasteiger partial charge on any atom is -0.478 e. The maximum Gasteiger partial charge on any atom is 0.471 e. The summed E-state index contributed by atoms with van der Waals surface area (Å²) in [4.78, 5) is 33.7. The largest absolute Gasteiger partial charge is 0.478 e. The Bertz CT molecular complexity index is 999. The second-order valence-corrected chi connectivity index (χ2v) is 5.95. The van der Waals surface area contributed by atoms with Gasteiger partial charge in [-0.15, -0.1) is 0 Å². The number of hydrogen-bond acceptors (Lipinski definition) is 3. The highest BCUT2D eigenvalue weighted by molar-refractivity contribution is 6.02. The zero-order valence-electron chi connectivity index (χ0n) is 14.1. The van der Waals surface area contributed by atoms with E-state index in [0.29, 0.717) is 28.3 Å². The van der Waals surface area contributed by atoms with Crippen LogP contribution < -0.4 is 10.6 Å². The van der Waals surface area contributed by atoms with Crippen LogP contribution in [0.5, 0.6) is 0 Å². The van der Waals surface area contributed by atoms with Crippen molar-refractivity contribution in [1.82, 2.24) is 5.32 Å². The molecule has 6 nitrogen and oxygen atoms in total. The summed E-state index contributed by atoms with van der Waals surface area (Å²) in [6.45, 7) is 0. The molecule has 1 aliphatic carbocycles. The second kappa shape index (κ2) is 7.18. The fraction of sp³-hybridized carbons (Fsp3) is 0.105. The van der Waals surface area contributed by atoms with Crippen molar-refractivity contribution in [2.24, 2.45) is 0 Å². The number of hydrogen-bond donors (Lipinski definition) is 3. The van der Waals surface area contributed by atoms with Crippen molar-refractivity contribution in [3.8, 4) is 11.1 Å².